The quantitative estimate of drug-likeness (QED) is 0.258. The van der Waals surface area contributed by atoms with Gasteiger partial charge in [-0.3, -0.25) is 0 Å². The van der Waals surface area contributed by atoms with E-state index in [1.807, 2.05) is 0 Å². The zero-order valence-electron chi connectivity index (χ0n) is 14.0. The summed E-state index contributed by atoms with van der Waals surface area (Å²) in [5.74, 6) is 0. The first-order valence-corrected chi connectivity index (χ1v) is 7.94. The summed E-state index contributed by atoms with van der Waals surface area (Å²) in [6.07, 6.45) is -0.438. The number of hydrogen-bond donors (Lipinski definition) is 3. The minimum atomic E-state index is -1.36. The third-order valence-corrected chi connectivity index (χ3v) is 2.08. The summed E-state index contributed by atoms with van der Waals surface area (Å²) in [5, 5.41) is 24.6. The van der Waals surface area contributed by atoms with Crippen molar-refractivity contribution in [2.24, 2.45) is 0 Å². The molecule has 1 atom stereocenters. The van der Waals surface area contributed by atoms with Gasteiger partial charge < -0.3 is 39.0 Å². The van der Waals surface area contributed by atoms with Crippen LogP contribution in [0.3, 0.4) is 0 Å². The number of halogens is 1. The minimum Gasteiger partial charge on any atom is -0.469 e. The van der Waals surface area contributed by atoms with E-state index in [4.69, 9.17) is 43.8 Å². The van der Waals surface area contributed by atoms with E-state index < -0.39 is 11.5 Å². The minimum absolute atomic E-state index is 0.0349. The Labute approximate surface area is 147 Å². The molecule has 10 heteroatoms. The number of aliphatic hydroxyl groups excluding tert-OH is 2. The van der Waals surface area contributed by atoms with Gasteiger partial charge in [-0.15, -0.1) is 0 Å². The van der Waals surface area contributed by atoms with Crippen molar-refractivity contribution in [2.75, 3.05) is 72.7 Å². The molecule has 0 spiro atoms. The molecule has 0 saturated carbocycles. The molecule has 0 heterocycles. The van der Waals surface area contributed by atoms with E-state index >= 15 is 0 Å². The number of carboxylic acid groups (broad SMARTS) is 1. The summed E-state index contributed by atoms with van der Waals surface area (Å²) >= 11 is 4.19. The molecule has 0 aliphatic heterocycles. The van der Waals surface area contributed by atoms with Crippen molar-refractivity contribution in [2.45, 2.75) is 13.0 Å². The van der Waals surface area contributed by atoms with Crippen molar-refractivity contribution < 1.29 is 43.8 Å². The summed E-state index contributed by atoms with van der Waals surface area (Å²) in [4.78, 5) is 8.77. The third-order valence-electron chi connectivity index (χ3n) is 2.08. The number of ether oxygens (including phenoxy) is 5. The maximum absolute atomic E-state index is 8.94. The molecule has 24 heavy (non-hydrogen) atoms. The van der Waals surface area contributed by atoms with E-state index in [-0.39, 0.29) is 6.61 Å². The van der Waals surface area contributed by atoms with E-state index in [1.54, 1.807) is 6.92 Å². The Morgan fingerprint density at radius 1 is 0.833 bits per heavy atom. The van der Waals surface area contributed by atoms with Crippen LogP contribution in [0, 0.1) is 0 Å². The second kappa shape index (κ2) is 22.5. The molecule has 3 N–H and O–H groups in total. The van der Waals surface area contributed by atoms with Crippen LogP contribution in [0.15, 0.2) is 0 Å². The van der Waals surface area contributed by atoms with Crippen LogP contribution in [0.25, 0.3) is 0 Å². The molecule has 0 saturated heterocycles. The average molecular weight is 377 g/mol. The van der Waals surface area contributed by atoms with Crippen molar-refractivity contribution >= 4 is 17.0 Å². The molecule has 0 aromatic rings. The Morgan fingerprint density at radius 2 is 1.12 bits per heavy atom. The molecule has 0 amide bonds. The van der Waals surface area contributed by atoms with Gasteiger partial charge in [-0.05, 0) is 6.92 Å². The van der Waals surface area contributed by atoms with Crippen molar-refractivity contribution in [3.8, 4) is 0 Å². The van der Waals surface area contributed by atoms with Gasteiger partial charge in [-0.2, -0.15) is 0 Å². The predicted molar refractivity (Wildman–Crippen MR) is 86.7 cm³/mol. The maximum atomic E-state index is 8.94. The molecule has 0 aromatic carbocycles. The van der Waals surface area contributed by atoms with Gasteiger partial charge >= 0.3 is 5.43 Å². The molecule has 9 nitrogen and oxygen atoms in total. The van der Waals surface area contributed by atoms with Crippen LogP contribution in [0.2, 0.25) is 0 Å². The topological polar surface area (TPSA) is 124 Å². The standard InChI is InChI=1S/C13H28O7.CHClO2/c1-13(15)12-20-11-10-19-9-8-18-7-6-17-5-4-16-3-2-14;2-1(3)4/h13-15H,2-12H2,1H3;(H,3,4). The van der Waals surface area contributed by atoms with Crippen LogP contribution in [0.4, 0.5) is 4.79 Å². The third kappa shape index (κ3) is 33.2. The molecule has 1 unspecified atom stereocenters. The van der Waals surface area contributed by atoms with Crippen molar-refractivity contribution in [1.29, 1.82) is 0 Å². The van der Waals surface area contributed by atoms with Gasteiger partial charge in [-0.25, -0.2) is 4.79 Å². The fraction of sp³-hybridized carbons (Fsp3) is 0.929. The largest absolute Gasteiger partial charge is 0.469 e. The first kappa shape index (κ1) is 25.7. The number of hydrogen-bond acceptors (Lipinski definition) is 8. The molecular formula is C14H29ClO9. The van der Waals surface area contributed by atoms with Crippen molar-refractivity contribution in [3.05, 3.63) is 0 Å². The number of rotatable bonds is 16. The van der Waals surface area contributed by atoms with E-state index in [0.29, 0.717) is 66.1 Å². The predicted octanol–water partition coefficient (Wildman–Crippen LogP) is 0.346. The molecule has 0 aliphatic rings. The smallest absolute Gasteiger partial charge is 0.401 e. The Bertz CT molecular complexity index is 250. The maximum Gasteiger partial charge on any atom is 0.401 e. The Morgan fingerprint density at radius 3 is 1.42 bits per heavy atom. The summed E-state index contributed by atoms with van der Waals surface area (Å²) in [7, 11) is 0. The summed E-state index contributed by atoms with van der Waals surface area (Å²) < 4.78 is 26.0. The van der Waals surface area contributed by atoms with Gasteiger partial charge in [0.05, 0.1) is 78.8 Å². The van der Waals surface area contributed by atoms with E-state index in [9.17, 15) is 0 Å². The van der Waals surface area contributed by atoms with Crippen LogP contribution in [-0.4, -0.2) is 99.5 Å². The average Bonchev–Trinajstić information content (AvgIpc) is 2.50. The van der Waals surface area contributed by atoms with Gasteiger partial charge in [0.1, 0.15) is 0 Å². The molecular weight excluding hydrogens is 348 g/mol. The van der Waals surface area contributed by atoms with Crippen molar-refractivity contribution in [3.63, 3.8) is 0 Å². The Balaban J connectivity index is 0. The molecule has 0 fully saturated rings. The molecule has 0 aliphatic carbocycles. The number of aliphatic hydroxyl groups is 2. The normalized spacial score (nSPS) is 11.7. The van der Waals surface area contributed by atoms with Gasteiger partial charge in [0.25, 0.3) is 0 Å². The lowest BCUT2D eigenvalue weighted by Crippen LogP contribution is -2.15. The van der Waals surface area contributed by atoms with Gasteiger partial charge in [0.15, 0.2) is 0 Å². The first-order valence-electron chi connectivity index (χ1n) is 7.56. The molecule has 0 aromatic heterocycles. The number of carbonyl (C=O) groups is 1. The zero-order valence-corrected chi connectivity index (χ0v) is 14.8. The van der Waals surface area contributed by atoms with Crippen LogP contribution in [0.5, 0.6) is 0 Å². The van der Waals surface area contributed by atoms with Crippen molar-refractivity contribution in [1.82, 2.24) is 0 Å². The highest BCUT2D eigenvalue weighted by Crippen LogP contribution is 1.85. The van der Waals surface area contributed by atoms with Gasteiger partial charge in [0, 0.05) is 11.6 Å². The highest BCUT2D eigenvalue weighted by molar-refractivity contribution is 6.60. The van der Waals surface area contributed by atoms with Crippen LogP contribution in [-0.2, 0) is 23.7 Å². The zero-order chi connectivity index (χ0) is 18.5. The molecule has 146 valence electrons. The van der Waals surface area contributed by atoms with Gasteiger partial charge in [-0.1, -0.05) is 0 Å². The highest BCUT2D eigenvalue weighted by atomic mass is 35.5. The molecule has 0 rings (SSSR count). The van der Waals surface area contributed by atoms with Gasteiger partial charge in [0.2, 0.25) is 0 Å². The second-order valence-corrected chi connectivity index (χ2v) is 4.67. The van der Waals surface area contributed by atoms with Crippen LogP contribution in [0.1, 0.15) is 6.92 Å². The van der Waals surface area contributed by atoms with Crippen LogP contribution < -0.4 is 0 Å². The van der Waals surface area contributed by atoms with E-state index in [1.165, 1.54) is 0 Å². The lowest BCUT2D eigenvalue weighted by atomic mass is 10.4. The highest BCUT2D eigenvalue weighted by Gasteiger charge is 1.95. The first-order chi connectivity index (χ1) is 11.5. The van der Waals surface area contributed by atoms with E-state index in [2.05, 4.69) is 11.6 Å². The fourth-order valence-corrected chi connectivity index (χ4v) is 1.20. The monoisotopic (exact) mass is 376 g/mol. The summed E-state index contributed by atoms with van der Waals surface area (Å²) in [6, 6.07) is 0. The van der Waals surface area contributed by atoms with E-state index in [0.717, 1.165) is 0 Å². The lowest BCUT2D eigenvalue weighted by Gasteiger charge is -2.08. The summed E-state index contributed by atoms with van der Waals surface area (Å²) in [5.41, 5.74) is -1.36. The Kier molecular flexibility index (Phi) is 24.1. The fourth-order valence-electron chi connectivity index (χ4n) is 1.20. The molecule has 0 radical (unpaired) electrons. The SMILES string of the molecule is CC(O)COCCOCCOCCOCCOCCO.O=C(O)Cl. The summed E-state index contributed by atoms with van der Waals surface area (Å²) in [6.45, 7) is 6.40. The lowest BCUT2D eigenvalue weighted by molar-refractivity contribution is -0.0202. The Hall–Kier alpha value is -0.520. The second-order valence-electron chi connectivity index (χ2n) is 4.35. The van der Waals surface area contributed by atoms with Crippen LogP contribution >= 0.6 is 11.6 Å². The molecule has 0 bridgehead atoms.